The Kier molecular flexibility index (Phi) is 7.40. The molecule has 19 heavy (non-hydrogen) atoms. The van der Waals surface area contributed by atoms with E-state index in [1.54, 1.807) is 6.07 Å². The largest absolute Gasteiger partial charge is 0.313 e. The Morgan fingerprint density at radius 3 is 2.47 bits per heavy atom. The molecule has 1 rings (SSSR count). The van der Waals surface area contributed by atoms with E-state index < -0.39 is 0 Å². The van der Waals surface area contributed by atoms with Gasteiger partial charge in [-0.15, -0.1) is 0 Å². The van der Waals surface area contributed by atoms with Gasteiger partial charge in [-0.3, -0.25) is 0 Å². The van der Waals surface area contributed by atoms with Crippen molar-refractivity contribution in [2.75, 3.05) is 6.54 Å². The molecule has 108 valence electrons. The minimum absolute atomic E-state index is 0.275. The molecule has 0 fully saturated rings. The molecular formula is C16H25ClFN. The average Bonchev–Trinajstić information content (AvgIpc) is 2.42. The van der Waals surface area contributed by atoms with Crippen molar-refractivity contribution in [2.24, 2.45) is 5.92 Å². The molecule has 0 saturated carbocycles. The number of benzene rings is 1. The molecule has 0 aliphatic heterocycles. The molecule has 0 radical (unpaired) electrons. The summed E-state index contributed by atoms with van der Waals surface area (Å²) in [4.78, 5) is 0. The standard InChI is InChI=1S/C16H25ClFN/c1-4-10-19-15(12(5-2)6-3)11-13-8-7-9-14(18)16(13)17/h7-9,12,15,19H,4-6,10-11H2,1-3H3. The van der Waals surface area contributed by atoms with Gasteiger partial charge in [0.15, 0.2) is 0 Å². The average molecular weight is 286 g/mol. The van der Waals surface area contributed by atoms with Gasteiger partial charge in [0.25, 0.3) is 0 Å². The van der Waals surface area contributed by atoms with E-state index in [-0.39, 0.29) is 10.8 Å². The Bertz CT molecular complexity index is 377. The molecule has 1 unspecified atom stereocenters. The van der Waals surface area contributed by atoms with E-state index in [1.165, 1.54) is 6.07 Å². The molecule has 1 N–H and O–H groups in total. The first kappa shape index (κ1) is 16.5. The highest BCUT2D eigenvalue weighted by Gasteiger charge is 2.19. The van der Waals surface area contributed by atoms with Crippen molar-refractivity contribution in [1.29, 1.82) is 0 Å². The summed E-state index contributed by atoms with van der Waals surface area (Å²) < 4.78 is 13.5. The van der Waals surface area contributed by atoms with E-state index in [9.17, 15) is 4.39 Å². The molecule has 1 aromatic rings. The molecule has 0 aliphatic rings. The fourth-order valence-corrected chi connectivity index (χ4v) is 2.74. The Labute approximate surface area is 121 Å². The molecule has 0 amide bonds. The maximum Gasteiger partial charge on any atom is 0.142 e. The third-order valence-electron chi connectivity index (χ3n) is 3.75. The van der Waals surface area contributed by atoms with E-state index in [4.69, 9.17) is 11.6 Å². The molecule has 1 nitrogen and oxygen atoms in total. The van der Waals surface area contributed by atoms with Gasteiger partial charge in [0, 0.05) is 6.04 Å². The first-order valence-electron chi connectivity index (χ1n) is 7.30. The van der Waals surface area contributed by atoms with Gasteiger partial charge < -0.3 is 5.32 Å². The normalized spacial score (nSPS) is 12.9. The zero-order chi connectivity index (χ0) is 14.3. The lowest BCUT2D eigenvalue weighted by molar-refractivity contribution is 0.332. The number of nitrogens with one attached hydrogen (secondary N) is 1. The van der Waals surface area contributed by atoms with Gasteiger partial charge in [-0.2, -0.15) is 0 Å². The van der Waals surface area contributed by atoms with Crippen LogP contribution in [0.1, 0.15) is 45.6 Å². The van der Waals surface area contributed by atoms with E-state index in [0.717, 1.165) is 37.8 Å². The summed E-state index contributed by atoms with van der Waals surface area (Å²) in [7, 11) is 0. The third-order valence-corrected chi connectivity index (χ3v) is 4.17. The van der Waals surface area contributed by atoms with Crippen LogP contribution in [0.25, 0.3) is 0 Å². The monoisotopic (exact) mass is 285 g/mol. The van der Waals surface area contributed by atoms with Crippen LogP contribution in [0.3, 0.4) is 0 Å². The number of hydrogen-bond acceptors (Lipinski definition) is 1. The number of rotatable bonds is 8. The Morgan fingerprint density at radius 2 is 1.89 bits per heavy atom. The van der Waals surface area contributed by atoms with Gasteiger partial charge in [0.2, 0.25) is 0 Å². The summed E-state index contributed by atoms with van der Waals surface area (Å²) in [5, 5.41) is 3.86. The summed E-state index contributed by atoms with van der Waals surface area (Å²) in [6, 6.07) is 5.45. The second kappa shape index (κ2) is 8.55. The summed E-state index contributed by atoms with van der Waals surface area (Å²) in [5.74, 6) is 0.281. The zero-order valence-electron chi connectivity index (χ0n) is 12.2. The van der Waals surface area contributed by atoms with E-state index in [1.807, 2.05) is 6.07 Å². The van der Waals surface area contributed by atoms with Crippen molar-refractivity contribution >= 4 is 11.6 Å². The van der Waals surface area contributed by atoms with Crippen molar-refractivity contribution in [2.45, 2.75) is 52.5 Å². The minimum atomic E-state index is -0.321. The Hall–Kier alpha value is -0.600. The minimum Gasteiger partial charge on any atom is -0.313 e. The van der Waals surface area contributed by atoms with Gasteiger partial charge >= 0.3 is 0 Å². The van der Waals surface area contributed by atoms with Gasteiger partial charge in [0.05, 0.1) is 5.02 Å². The zero-order valence-corrected chi connectivity index (χ0v) is 12.9. The quantitative estimate of drug-likeness (QED) is 0.722. The molecule has 3 heteroatoms. The fourth-order valence-electron chi connectivity index (χ4n) is 2.54. The van der Waals surface area contributed by atoms with Crippen LogP contribution in [0.2, 0.25) is 5.02 Å². The second-order valence-corrected chi connectivity index (χ2v) is 5.43. The highest BCUT2D eigenvalue weighted by atomic mass is 35.5. The predicted octanol–water partition coefficient (Wildman–Crippen LogP) is 4.83. The topological polar surface area (TPSA) is 12.0 Å². The Morgan fingerprint density at radius 1 is 1.21 bits per heavy atom. The van der Waals surface area contributed by atoms with Crippen molar-refractivity contribution < 1.29 is 4.39 Å². The van der Waals surface area contributed by atoms with E-state index >= 15 is 0 Å². The van der Waals surface area contributed by atoms with Crippen LogP contribution in [-0.4, -0.2) is 12.6 Å². The van der Waals surface area contributed by atoms with Crippen LogP contribution < -0.4 is 5.32 Å². The molecule has 0 spiro atoms. The van der Waals surface area contributed by atoms with Crippen LogP contribution >= 0.6 is 11.6 Å². The molecule has 0 saturated heterocycles. The van der Waals surface area contributed by atoms with Gasteiger partial charge in [-0.1, -0.05) is 57.3 Å². The van der Waals surface area contributed by atoms with Gasteiger partial charge in [-0.25, -0.2) is 4.39 Å². The smallest absolute Gasteiger partial charge is 0.142 e. The summed E-state index contributed by atoms with van der Waals surface area (Å²) >= 11 is 6.06. The van der Waals surface area contributed by atoms with Crippen molar-refractivity contribution in [3.05, 3.63) is 34.6 Å². The van der Waals surface area contributed by atoms with E-state index in [2.05, 4.69) is 26.1 Å². The maximum absolute atomic E-state index is 13.5. The number of halogens is 2. The Balaban J connectivity index is 2.83. The molecular weight excluding hydrogens is 261 g/mol. The van der Waals surface area contributed by atoms with Crippen LogP contribution in [-0.2, 0) is 6.42 Å². The molecule has 1 atom stereocenters. The fraction of sp³-hybridized carbons (Fsp3) is 0.625. The first-order valence-corrected chi connectivity index (χ1v) is 7.68. The molecule has 0 aliphatic carbocycles. The summed E-state index contributed by atoms with van der Waals surface area (Å²) in [5.41, 5.74) is 0.905. The summed E-state index contributed by atoms with van der Waals surface area (Å²) in [6.07, 6.45) is 4.16. The van der Waals surface area contributed by atoms with Crippen LogP contribution in [0.4, 0.5) is 4.39 Å². The van der Waals surface area contributed by atoms with Crippen LogP contribution in [0.5, 0.6) is 0 Å². The highest BCUT2D eigenvalue weighted by molar-refractivity contribution is 6.31. The van der Waals surface area contributed by atoms with Crippen molar-refractivity contribution in [3.63, 3.8) is 0 Å². The molecule has 0 aromatic heterocycles. The van der Waals surface area contributed by atoms with Crippen LogP contribution in [0.15, 0.2) is 18.2 Å². The van der Waals surface area contributed by atoms with Crippen LogP contribution in [0, 0.1) is 11.7 Å². The lowest BCUT2D eigenvalue weighted by Gasteiger charge is -2.27. The first-order chi connectivity index (χ1) is 9.13. The number of hydrogen-bond donors (Lipinski definition) is 1. The second-order valence-electron chi connectivity index (χ2n) is 5.05. The lowest BCUT2D eigenvalue weighted by Crippen LogP contribution is -2.38. The van der Waals surface area contributed by atoms with E-state index in [0.29, 0.717) is 12.0 Å². The molecule has 0 heterocycles. The molecule has 0 bridgehead atoms. The summed E-state index contributed by atoms with van der Waals surface area (Å²) in [6.45, 7) is 7.57. The lowest BCUT2D eigenvalue weighted by atomic mass is 9.89. The van der Waals surface area contributed by atoms with Gasteiger partial charge in [0.1, 0.15) is 5.82 Å². The molecule has 1 aromatic carbocycles. The van der Waals surface area contributed by atoms with Gasteiger partial charge in [-0.05, 0) is 36.9 Å². The third kappa shape index (κ3) is 4.77. The van der Waals surface area contributed by atoms with Crippen molar-refractivity contribution in [1.82, 2.24) is 5.32 Å². The van der Waals surface area contributed by atoms with Crippen molar-refractivity contribution in [3.8, 4) is 0 Å². The SMILES string of the molecule is CCCNC(Cc1cccc(F)c1Cl)C(CC)CC. The maximum atomic E-state index is 13.5. The predicted molar refractivity (Wildman–Crippen MR) is 81.3 cm³/mol. The highest BCUT2D eigenvalue weighted by Crippen LogP contribution is 2.24.